The molecule has 2 rings (SSSR count). The highest BCUT2D eigenvalue weighted by Gasteiger charge is 2.20. The number of likely N-dealkylation sites (N-methyl/N-ethyl adjacent to an activating group) is 1. The van der Waals surface area contributed by atoms with Gasteiger partial charge in [0, 0.05) is 45.3 Å². The third kappa shape index (κ3) is 5.90. The molecule has 0 bridgehead atoms. The van der Waals surface area contributed by atoms with Gasteiger partial charge in [0.1, 0.15) is 0 Å². The van der Waals surface area contributed by atoms with Crippen LogP contribution < -0.4 is 5.73 Å². The van der Waals surface area contributed by atoms with E-state index in [1.165, 1.54) is 38.9 Å². The van der Waals surface area contributed by atoms with Crippen molar-refractivity contribution in [3.63, 3.8) is 0 Å². The van der Waals surface area contributed by atoms with Gasteiger partial charge in [0.2, 0.25) is 0 Å². The summed E-state index contributed by atoms with van der Waals surface area (Å²) in [7, 11) is 0. The number of likely N-dealkylation sites (tertiary alicyclic amines) is 1. The highest BCUT2D eigenvalue weighted by Crippen LogP contribution is 2.09. The van der Waals surface area contributed by atoms with Gasteiger partial charge in [0.15, 0.2) is 5.96 Å². The molecule has 2 aliphatic rings. The smallest absolute Gasteiger partial charge is 0.191 e. The van der Waals surface area contributed by atoms with Gasteiger partial charge in [-0.25, -0.2) is 0 Å². The molecule has 2 N–H and O–H groups in total. The predicted octanol–water partition coefficient (Wildman–Crippen LogP) is 1.43. The maximum Gasteiger partial charge on any atom is 0.191 e. The molecule has 2 fully saturated rings. The van der Waals surface area contributed by atoms with E-state index < -0.39 is 0 Å². The molecule has 124 valence electrons. The first-order valence-electron chi connectivity index (χ1n) is 8.22. The molecule has 0 saturated carbocycles. The van der Waals surface area contributed by atoms with Crippen LogP contribution in [-0.2, 0) is 0 Å². The van der Waals surface area contributed by atoms with Crippen LogP contribution in [-0.4, -0.2) is 79.1 Å². The van der Waals surface area contributed by atoms with Crippen molar-refractivity contribution in [2.24, 2.45) is 10.7 Å². The molecule has 1 unspecified atom stereocenters. The second kappa shape index (κ2) is 9.84. The second-order valence-electron chi connectivity index (χ2n) is 6.07. The van der Waals surface area contributed by atoms with Gasteiger partial charge in [-0.05, 0) is 32.7 Å². The molecule has 2 heterocycles. The number of nitrogens with zero attached hydrogens (tertiary/aromatic N) is 4. The largest absolute Gasteiger partial charge is 0.370 e. The molecule has 0 amide bonds. The van der Waals surface area contributed by atoms with Crippen LogP contribution >= 0.6 is 24.0 Å². The molecule has 0 spiro atoms. The van der Waals surface area contributed by atoms with Crippen LogP contribution in [0.5, 0.6) is 0 Å². The third-order valence-corrected chi connectivity index (χ3v) is 4.68. The van der Waals surface area contributed by atoms with E-state index in [9.17, 15) is 0 Å². The van der Waals surface area contributed by atoms with Gasteiger partial charge in [-0.2, -0.15) is 0 Å². The molecule has 1 atom stereocenters. The standard InChI is InChI=1S/C15H31N5.HI/c1-3-18-9-11-19(12-10-18)14(2)13-17-15(16)20-7-5-4-6-8-20;/h14H,3-13H2,1-2H3,(H2,16,17);1H. The van der Waals surface area contributed by atoms with Crippen molar-refractivity contribution >= 4 is 29.9 Å². The van der Waals surface area contributed by atoms with Gasteiger partial charge >= 0.3 is 0 Å². The Bertz CT molecular complexity index is 309. The Labute approximate surface area is 146 Å². The van der Waals surface area contributed by atoms with Crippen molar-refractivity contribution in [2.45, 2.75) is 39.2 Å². The lowest BCUT2D eigenvalue weighted by Crippen LogP contribution is -2.50. The SMILES string of the molecule is CCN1CCN(C(C)CN=C(N)N2CCCCC2)CC1.I. The maximum atomic E-state index is 6.12. The Hall–Kier alpha value is -0.0800. The second-order valence-corrected chi connectivity index (χ2v) is 6.07. The Morgan fingerprint density at radius 2 is 1.67 bits per heavy atom. The van der Waals surface area contributed by atoms with Crippen LogP contribution in [0, 0.1) is 0 Å². The van der Waals surface area contributed by atoms with Crippen LogP contribution in [0.3, 0.4) is 0 Å². The molecule has 0 aromatic heterocycles. The zero-order chi connectivity index (χ0) is 14.4. The predicted molar refractivity (Wildman–Crippen MR) is 100 cm³/mol. The molecule has 0 aliphatic carbocycles. The number of hydrogen-bond donors (Lipinski definition) is 1. The molecule has 0 radical (unpaired) electrons. The molecule has 5 nitrogen and oxygen atoms in total. The number of rotatable bonds is 4. The summed E-state index contributed by atoms with van der Waals surface area (Å²) >= 11 is 0. The van der Waals surface area contributed by atoms with E-state index >= 15 is 0 Å². The summed E-state index contributed by atoms with van der Waals surface area (Å²) < 4.78 is 0. The fourth-order valence-electron chi connectivity index (χ4n) is 3.08. The number of nitrogens with two attached hydrogens (primary N) is 1. The van der Waals surface area contributed by atoms with Crippen LogP contribution in [0.25, 0.3) is 0 Å². The van der Waals surface area contributed by atoms with E-state index in [0.29, 0.717) is 6.04 Å². The number of aliphatic imine (C=N–C) groups is 1. The summed E-state index contributed by atoms with van der Waals surface area (Å²) in [4.78, 5) is 11.9. The quantitative estimate of drug-likeness (QED) is 0.434. The first-order valence-corrected chi connectivity index (χ1v) is 8.22. The Kier molecular flexibility index (Phi) is 8.89. The van der Waals surface area contributed by atoms with Crippen molar-refractivity contribution in [3.8, 4) is 0 Å². The summed E-state index contributed by atoms with van der Waals surface area (Å²) in [5, 5.41) is 0. The Balaban J connectivity index is 0.00000220. The summed E-state index contributed by atoms with van der Waals surface area (Å²) in [6.45, 7) is 13.4. The highest BCUT2D eigenvalue weighted by atomic mass is 127. The fourth-order valence-corrected chi connectivity index (χ4v) is 3.08. The van der Waals surface area contributed by atoms with E-state index in [1.54, 1.807) is 0 Å². The zero-order valence-electron chi connectivity index (χ0n) is 13.6. The van der Waals surface area contributed by atoms with Crippen LogP contribution in [0.4, 0.5) is 0 Å². The van der Waals surface area contributed by atoms with Crippen molar-refractivity contribution < 1.29 is 0 Å². The van der Waals surface area contributed by atoms with E-state index in [1.807, 2.05) is 0 Å². The summed E-state index contributed by atoms with van der Waals surface area (Å²) in [6, 6.07) is 0.498. The number of piperazine rings is 1. The fraction of sp³-hybridized carbons (Fsp3) is 0.933. The van der Waals surface area contributed by atoms with E-state index in [0.717, 1.165) is 38.7 Å². The van der Waals surface area contributed by atoms with Crippen LogP contribution in [0.15, 0.2) is 4.99 Å². The number of hydrogen-bond acceptors (Lipinski definition) is 3. The highest BCUT2D eigenvalue weighted by molar-refractivity contribution is 14.0. The van der Waals surface area contributed by atoms with E-state index in [-0.39, 0.29) is 24.0 Å². The number of piperidine rings is 1. The summed E-state index contributed by atoms with van der Waals surface area (Å²) in [6.07, 6.45) is 3.84. The summed E-state index contributed by atoms with van der Waals surface area (Å²) in [5.74, 6) is 0.753. The van der Waals surface area contributed by atoms with Gasteiger partial charge in [-0.3, -0.25) is 9.89 Å². The third-order valence-electron chi connectivity index (χ3n) is 4.68. The van der Waals surface area contributed by atoms with Gasteiger partial charge in [0.05, 0.1) is 6.54 Å². The molecule has 0 aromatic carbocycles. The average Bonchev–Trinajstić information content (AvgIpc) is 2.53. The van der Waals surface area contributed by atoms with Gasteiger partial charge in [0.25, 0.3) is 0 Å². The molecule has 0 aromatic rings. The summed E-state index contributed by atoms with van der Waals surface area (Å²) in [5.41, 5.74) is 6.12. The van der Waals surface area contributed by atoms with E-state index in [4.69, 9.17) is 5.73 Å². The Morgan fingerprint density at radius 3 is 2.24 bits per heavy atom. The first kappa shape index (κ1) is 19.0. The van der Waals surface area contributed by atoms with Gasteiger partial charge in [-0.15, -0.1) is 24.0 Å². The van der Waals surface area contributed by atoms with Gasteiger partial charge in [-0.1, -0.05) is 6.92 Å². The molecule has 6 heteroatoms. The lowest BCUT2D eigenvalue weighted by molar-refractivity contribution is 0.109. The topological polar surface area (TPSA) is 48.1 Å². The normalized spacial score (nSPS) is 23.7. The Morgan fingerprint density at radius 1 is 1.05 bits per heavy atom. The molecule has 21 heavy (non-hydrogen) atoms. The zero-order valence-corrected chi connectivity index (χ0v) is 16.0. The lowest BCUT2D eigenvalue weighted by atomic mass is 10.1. The maximum absolute atomic E-state index is 6.12. The molecular weight excluding hydrogens is 377 g/mol. The number of guanidine groups is 1. The minimum atomic E-state index is 0. The monoisotopic (exact) mass is 409 g/mol. The minimum absolute atomic E-state index is 0. The number of halogens is 1. The van der Waals surface area contributed by atoms with Crippen molar-refractivity contribution in [2.75, 3.05) is 52.4 Å². The lowest BCUT2D eigenvalue weighted by Gasteiger charge is -2.37. The molecular formula is C15H32IN5. The molecule has 2 saturated heterocycles. The van der Waals surface area contributed by atoms with E-state index in [2.05, 4.69) is 33.5 Å². The van der Waals surface area contributed by atoms with Crippen molar-refractivity contribution in [1.29, 1.82) is 0 Å². The van der Waals surface area contributed by atoms with Crippen LogP contribution in [0.2, 0.25) is 0 Å². The average molecular weight is 409 g/mol. The van der Waals surface area contributed by atoms with Crippen molar-refractivity contribution in [1.82, 2.24) is 14.7 Å². The first-order chi connectivity index (χ1) is 9.70. The van der Waals surface area contributed by atoms with Crippen molar-refractivity contribution in [3.05, 3.63) is 0 Å². The minimum Gasteiger partial charge on any atom is -0.370 e. The van der Waals surface area contributed by atoms with Crippen LogP contribution in [0.1, 0.15) is 33.1 Å². The van der Waals surface area contributed by atoms with Gasteiger partial charge < -0.3 is 15.5 Å². The molecule has 2 aliphatic heterocycles.